The van der Waals surface area contributed by atoms with Gasteiger partial charge in [-0.15, -0.1) is 0 Å². The van der Waals surface area contributed by atoms with Crippen LogP contribution in [0.25, 0.3) is 0 Å². The van der Waals surface area contributed by atoms with E-state index in [9.17, 15) is 9.59 Å². The van der Waals surface area contributed by atoms with Gasteiger partial charge < -0.3 is 19.0 Å². The Labute approximate surface area is 202 Å². The van der Waals surface area contributed by atoms with Gasteiger partial charge in [0.2, 0.25) is 0 Å². The fraction of sp³-hybridized carbons (Fsp3) is 0.692. The van der Waals surface area contributed by atoms with E-state index in [0.717, 1.165) is 0 Å². The molecule has 3 aliphatic carbocycles. The fourth-order valence-electron chi connectivity index (χ4n) is 5.76. The van der Waals surface area contributed by atoms with E-state index in [4.69, 9.17) is 9.84 Å². The average Bonchev–Trinajstić information content (AvgIpc) is 3.66. The van der Waals surface area contributed by atoms with Gasteiger partial charge in [-0.25, -0.2) is 9.97 Å². The van der Waals surface area contributed by atoms with Crippen LogP contribution >= 0.6 is 0 Å². The Balaban J connectivity index is 0.000000143. The van der Waals surface area contributed by atoms with Crippen molar-refractivity contribution in [3.05, 3.63) is 37.4 Å². The molecule has 2 aromatic heterocycles. The third-order valence-corrected chi connectivity index (χ3v) is 7.43. The number of carbonyl (C=O) groups excluding carboxylic acids is 2. The minimum absolute atomic E-state index is 0.135. The summed E-state index contributed by atoms with van der Waals surface area (Å²) in [4.78, 5) is 29.5. The van der Waals surface area contributed by atoms with Gasteiger partial charge in [-0.3, -0.25) is 9.59 Å². The summed E-state index contributed by atoms with van der Waals surface area (Å²) in [7, 11) is 0. The van der Waals surface area contributed by atoms with E-state index in [0.29, 0.717) is 32.5 Å². The summed E-state index contributed by atoms with van der Waals surface area (Å²) < 4.78 is 8.42. The number of rotatable bonds is 8. The van der Waals surface area contributed by atoms with Gasteiger partial charge in [0.1, 0.15) is 6.10 Å². The van der Waals surface area contributed by atoms with E-state index in [1.165, 1.54) is 30.6 Å². The number of aliphatic hydroxyl groups excluding tert-OH is 1. The highest BCUT2D eigenvalue weighted by atomic mass is 16.5. The molecular weight excluding hydrogens is 432 g/mol. The summed E-state index contributed by atoms with van der Waals surface area (Å²) in [6.45, 7) is 4.96. The number of aliphatic hydroxyl groups is 1. The van der Waals surface area contributed by atoms with Gasteiger partial charge in [0.05, 0.1) is 25.7 Å². The molecule has 2 aromatic rings. The third-order valence-electron chi connectivity index (χ3n) is 7.43. The van der Waals surface area contributed by atoms with Crippen molar-refractivity contribution < 1.29 is 19.4 Å². The highest BCUT2D eigenvalue weighted by molar-refractivity contribution is 5.82. The normalized spacial score (nSPS) is 24.9. The lowest BCUT2D eigenvalue weighted by Gasteiger charge is -2.23. The van der Waals surface area contributed by atoms with Gasteiger partial charge in [0.25, 0.3) is 0 Å². The topological polar surface area (TPSA) is 99.2 Å². The van der Waals surface area contributed by atoms with Crippen LogP contribution in [-0.4, -0.2) is 48.7 Å². The number of ether oxygens (including phenoxy) is 1. The summed E-state index contributed by atoms with van der Waals surface area (Å²) in [5, 5.41) is 8.88. The molecule has 1 N–H and O–H groups in total. The summed E-state index contributed by atoms with van der Waals surface area (Å²) in [5.41, 5.74) is 0. The molecule has 3 fully saturated rings. The Morgan fingerprint density at radius 3 is 2.00 bits per heavy atom. The van der Waals surface area contributed by atoms with Crippen LogP contribution in [-0.2, 0) is 27.4 Å². The maximum absolute atomic E-state index is 11.0. The number of aromatic nitrogens is 4. The first-order valence-corrected chi connectivity index (χ1v) is 12.8. The minimum Gasteiger partial charge on any atom is -0.466 e. The quantitative estimate of drug-likeness (QED) is 0.585. The first-order chi connectivity index (χ1) is 16.5. The third kappa shape index (κ3) is 7.79. The molecule has 2 bridgehead atoms. The van der Waals surface area contributed by atoms with E-state index in [2.05, 4.69) is 9.97 Å². The molecular formula is C26H40N4O4. The molecule has 5 atom stereocenters. The van der Waals surface area contributed by atoms with Gasteiger partial charge in [0, 0.05) is 44.3 Å². The number of fused-ring (bicyclic) bond motifs is 5. The van der Waals surface area contributed by atoms with Crippen molar-refractivity contribution in [1.82, 2.24) is 19.1 Å². The lowest BCUT2D eigenvalue weighted by atomic mass is 9.82. The molecule has 188 valence electrons. The van der Waals surface area contributed by atoms with Crippen LogP contribution in [0.2, 0.25) is 0 Å². The zero-order valence-electron chi connectivity index (χ0n) is 20.6. The number of ketones is 1. The summed E-state index contributed by atoms with van der Waals surface area (Å²) in [5.74, 6) is 4.50. The lowest BCUT2D eigenvalue weighted by molar-refractivity contribution is -0.143. The molecule has 3 aliphatic rings. The number of esters is 1. The van der Waals surface area contributed by atoms with Crippen LogP contribution in [0.15, 0.2) is 37.4 Å². The SMILES string of the molecule is C1CC2C3CCC(C3)C2C1.CC(O)C(=O)CCn1ccnc1.CCOC(=O)CCn1ccnc1. The maximum Gasteiger partial charge on any atom is 0.307 e. The monoisotopic (exact) mass is 472 g/mol. The Morgan fingerprint density at radius 1 is 0.971 bits per heavy atom. The number of hydrogen-bond donors (Lipinski definition) is 1. The molecule has 0 radical (unpaired) electrons. The second-order valence-electron chi connectivity index (χ2n) is 9.64. The molecule has 0 aliphatic heterocycles. The minimum atomic E-state index is -0.853. The predicted octanol–water partition coefficient (Wildman–Crippen LogP) is 3.89. The zero-order valence-corrected chi connectivity index (χ0v) is 20.6. The van der Waals surface area contributed by atoms with E-state index in [1.54, 1.807) is 81.3 Å². The Kier molecular flexibility index (Phi) is 10.3. The lowest BCUT2D eigenvalue weighted by Crippen LogP contribution is -2.17. The van der Waals surface area contributed by atoms with Crippen molar-refractivity contribution in [3.8, 4) is 0 Å². The summed E-state index contributed by atoms with van der Waals surface area (Å²) >= 11 is 0. The highest BCUT2D eigenvalue weighted by Gasteiger charge is 2.48. The molecule has 34 heavy (non-hydrogen) atoms. The number of nitrogens with zero attached hydrogens (tertiary/aromatic N) is 4. The molecule has 3 saturated carbocycles. The largest absolute Gasteiger partial charge is 0.466 e. The number of aryl methyl sites for hydroxylation is 2. The van der Waals surface area contributed by atoms with Crippen molar-refractivity contribution in [3.63, 3.8) is 0 Å². The first-order valence-electron chi connectivity index (χ1n) is 12.8. The average molecular weight is 473 g/mol. The zero-order chi connectivity index (χ0) is 24.3. The second kappa shape index (κ2) is 13.4. The predicted molar refractivity (Wildman–Crippen MR) is 129 cm³/mol. The smallest absolute Gasteiger partial charge is 0.307 e. The van der Waals surface area contributed by atoms with Crippen molar-refractivity contribution in [2.75, 3.05) is 6.61 Å². The Hall–Kier alpha value is -2.48. The van der Waals surface area contributed by atoms with Crippen molar-refractivity contribution in [1.29, 1.82) is 0 Å². The molecule has 5 unspecified atom stereocenters. The van der Waals surface area contributed by atoms with Crippen LogP contribution in [0, 0.1) is 23.7 Å². The number of carbonyl (C=O) groups is 2. The number of Topliss-reactive ketones (excluding diaryl/α,β-unsaturated/α-hetero) is 1. The molecule has 2 heterocycles. The van der Waals surface area contributed by atoms with Crippen molar-refractivity contribution >= 4 is 11.8 Å². The first kappa shape index (κ1) is 26.1. The second-order valence-corrected chi connectivity index (χ2v) is 9.64. The van der Waals surface area contributed by atoms with Crippen LogP contribution < -0.4 is 0 Å². The van der Waals surface area contributed by atoms with Crippen LogP contribution in [0.1, 0.15) is 65.2 Å². The van der Waals surface area contributed by atoms with Gasteiger partial charge in [-0.05, 0) is 69.6 Å². The van der Waals surface area contributed by atoms with Gasteiger partial charge in [-0.2, -0.15) is 0 Å². The number of hydrogen-bond acceptors (Lipinski definition) is 6. The van der Waals surface area contributed by atoms with Gasteiger partial charge in [-0.1, -0.05) is 6.42 Å². The molecule has 0 saturated heterocycles. The molecule has 8 nitrogen and oxygen atoms in total. The maximum atomic E-state index is 11.0. The molecule has 5 rings (SSSR count). The summed E-state index contributed by atoms with van der Waals surface area (Å²) in [6.07, 6.45) is 19.7. The van der Waals surface area contributed by atoms with E-state index in [-0.39, 0.29) is 11.8 Å². The van der Waals surface area contributed by atoms with E-state index < -0.39 is 6.10 Å². The highest BCUT2D eigenvalue weighted by Crippen LogP contribution is 2.58. The molecule has 0 aromatic carbocycles. The summed E-state index contributed by atoms with van der Waals surface area (Å²) in [6, 6.07) is 0. The van der Waals surface area contributed by atoms with Gasteiger partial charge in [0.15, 0.2) is 5.78 Å². The van der Waals surface area contributed by atoms with Gasteiger partial charge >= 0.3 is 5.97 Å². The van der Waals surface area contributed by atoms with E-state index in [1.807, 2.05) is 10.8 Å². The fourth-order valence-corrected chi connectivity index (χ4v) is 5.76. The van der Waals surface area contributed by atoms with Crippen molar-refractivity contribution in [2.45, 2.75) is 84.4 Å². The van der Waals surface area contributed by atoms with Crippen LogP contribution in [0.5, 0.6) is 0 Å². The Bertz CT molecular complexity index is 834. The van der Waals surface area contributed by atoms with Crippen LogP contribution in [0.4, 0.5) is 0 Å². The van der Waals surface area contributed by atoms with Crippen molar-refractivity contribution in [2.24, 2.45) is 23.7 Å². The molecule has 8 heteroatoms. The van der Waals surface area contributed by atoms with Crippen LogP contribution in [0.3, 0.4) is 0 Å². The Morgan fingerprint density at radius 2 is 1.53 bits per heavy atom. The molecule has 0 spiro atoms. The number of imidazole rings is 2. The standard InChI is InChI=1S/C10H16.2C8H12N2O2/c1-2-9-7-4-5-8(6-7)10(9)3-1;1-7(11)8(12)2-4-10-5-3-9-6-10;1-2-12-8(11)3-5-10-6-4-9-7-10/h7-10H,1-6H2;3,5-7,11H,2,4H2,1H3;4,6-7H,2-3,5H2,1H3. The van der Waals surface area contributed by atoms with E-state index >= 15 is 0 Å². The molecule has 0 amide bonds.